The molecule has 0 bridgehead atoms. The van der Waals surface area contributed by atoms with Gasteiger partial charge in [-0.2, -0.15) is 0 Å². The molecule has 1 fully saturated rings. The van der Waals surface area contributed by atoms with Gasteiger partial charge in [0, 0.05) is 11.5 Å². The molecule has 126 valence electrons. The lowest BCUT2D eigenvalue weighted by Crippen LogP contribution is -2.43. The van der Waals surface area contributed by atoms with Crippen LogP contribution in [0.15, 0.2) is 39.2 Å². The van der Waals surface area contributed by atoms with Crippen LogP contribution in [0.1, 0.15) is 5.76 Å². The Labute approximate surface area is 141 Å². The van der Waals surface area contributed by atoms with Gasteiger partial charge in [0.15, 0.2) is 9.84 Å². The van der Waals surface area contributed by atoms with Crippen molar-refractivity contribution in [3.63, 3.8) is 0 Å². The van der Waals surface area contributed by atoms with Gasteiger partial charge >= 0.3 is 0 Å². The zero-order chi connectivity index (χ0) is 17.3. The van der Waals surface area contributed by atoms with Crippen molar-refractivity contribution in [3.8, 4) is 0 Å². The number of furan rings is 1. The lowest BCUT2D eigenvalue weighted by molar-refractivity contribution is -0.129. The summed E-state index contributed by atoms with van der Waals surface area (Å²) in [7, 11) is -3.29. The Morgan fingerprint density at radius 2 is 2.25 bits per heavy atom. The highest BCUT2D eigenvalue weighted by molar-refractivity contribution is 8.18. The van der Waals surface area contributed by atoms with Crippen LogP contribution in [0, 0.1) is 0 Å². The molecule has 10 heteroatoms. The van der Waals surface area contributed by atoms with Crippen LogP contribution in [-0.2, 0) is 19.4 Å². The first kappa shape index (κ1) is 16.5. The highest BCUT2D eigenvalue weighted by Crippen LogP contribution is 2.32. The fourth-order valence-corrected chi connectivity index (χ4v) is 4.25. The van der Waals surface area contributed by atoms with E-state index >= 15 is 0 Å². The van der Waals surface area contributed by atoms with Gasteiger partial charge in [-0.15, -0.1) is 0 Å². The molecule has 0 radical (unpaired) electrons. The van der Waals surface area contributed by atoms with E-state index in [1.807, 2.05) is 0 Å². The number of carbonyl (C=O) groups is 3. The second-order valence-electron chi connectivity index (χ2n) is 5.12. The zero-order valence-corrected chi connectivity index (χ0v) is 13.8. The van der Waals surface area contributed by atoms with Crippen LogP contribution in [-0.4, -0.2) is 48.7 Å². The van der Waals surface area contributed by atoms with Gasteiger partial charge in [-0.1, -0.05) is 0 Å². The van der Waals surface area contributed by atoms with Gasteiger partial charge in [0.05, 0.1) is 23.0 Å². The molecule has 0 aromatic carbocycles. The third-order valence-corrected chi connectivity index (χ3v) is 5.57. The van der Waals surface area contributed by atoms with Crippen LogP contribution < -0.4 is 5.32 Å². The van der Waals surface area contributed by atoms with Crippen LogP contribution in [0.3, 0.4) is 0 Å². The van der Waals surface area contributed by atoms with Crippen molar-refractivity contribution in [1.29, 1.82) is 0 Å². The van der Waals surface area contributed by atoms with E-state index in [-0.39, 0.29) is 10.7 Å². The van der Waals surface area contributed by atoms with Crippen LogP contribution in [0.25, 0.3) is 6.08 Å². The minimum Gasteiger partial charge on any atom is -0.465 e. The van der Waals surface area contributed by atoms with Crippen molar-refractivity contribution in [2.45, 2.75) is 6.04 Å². The molecule has 2 aliphatic rings. The predicted octanol–water partition coefficient (Wildman–Crippen LogP) is 0.743. The number of imide groups is 1. The number of sulfone groups is 1. The molecule has 0 aliphatic carbocycles. The van der Waals surface area contributed by atoms with E-state index in [0.717, 1.165) is 10.3 Å². The fraction of sp³-hybridized carbons (Fsp3) is 0.214. The minimum atomic E-state index is -3.29. The Morgan fingerprint density at radius 3 is 2.88 bits per heavy atom. The summed E-state index contributed by atoms with van der Waals surface area (Å²) >= 11 is 0.713. The molecule has 1 aromatic rings. The number of hydrogen-bond donors (Lipinski definition) is 1. The standard InChI is InChI=1S/C14H12N2O6S2/c17-12(15-9-3-5-24(20,21)8-9)7-16-13(18)11(23-14(16)19)6-10-2-1-4-22-10/h1-6,9H,7-8H2,(H,15,17)/b11-6-/t9-/m0/s1. The van der Waals surface area contributed by atoms with Gasteiger partial charge < -0.3 is 9.73 Å². The molecule has 1 saturated heterocycles. The molecule has 0 unspecified atom stereocenters. The van der Waals surface area contributed by atoms with Gasteiger partial charge in [0.2, 0.25) is 5.91 Å². The quantitative estimate of drug-likeness (QED) is 0.780. The maximum atomic E-state index is 12.2. The summed E-state index contributed by atoms with van der Waals surface area (Å²) < 4.78 is 27.7. The molecule has 1 aromatic heterocycles. The Morgan fingerprint density at radius 1 is 1.46 bits per heavy atom. The molecule has 2 aliphatic heterocycles. The summed E-state index contributed by atoms with van der Waals surface area (Å²) in [4.78, 5) is 37.0. The Hall–Kier alpha value is -2.33. The summed E-state index contributed by atoms with van der Waals surface area (Å²) in [5.74, 6) is -1.00. The second-order valence-corrected chi connectivity index (χ2v) is 8.04. The number of rotatable bonds is 4. The van der Waals surface area contributed by atoms with Crippen molar-refractivity contribution < 1.29 is 27.2 Å². The molecule has 1 N–H and O–H groups in total. The maximum absolute atomic E-state index is 12.2. The van der Waals surface area contributed by atoms with Gasteiger partial charge in [0.25, 0.3) is 11.1 Å². The Kier molecular flexibility index (Phi) is 4.33. The van der Waals surface area contributed by atoms with Crippen molar-refractivity contribution in [2.75, 3.05) is 12.3 Å². The number of thioether (sulfide) groups is 1. The summed E-state index contributed by atoms with van der Waals surface area (Å²) in [6.07, 6.45) is 4.22. The predicted molar refractivity (Wildman–Crippen MR) is 86.2 cm³/mol. The largest absolute Gasteiger partial charge is 0.465 e. The molecule has 3 heterocycles. The van der Waals surface area contributed by atoms with E-state index < -0.39 is 39.5 Å². The first-order valence-corrected chi connectivity index (χ1v) is 9.36. The van der Waals surface area contributed by atoms with Crippen LogP contribution in [0.5, 0.6) is 0 Å². The van der Waals surface area contributed by atoms with Gasteiger partial charge in [0.1, 0.15) is 12.3 Å². The average molecular weight is 368 g/mol. The fourth-order valence-electron chi connectivity index (χ4n) is 2.20. The Balaban J connectivity index is 1.63. The first-order valence-electron chi connectivity index (χ1n) is 6.83. The molecule has 8 nitrogen and oxygen atoms in total. The highest BCUT2D eigenvalue weighted by atomic mass is 32.2. The molecule has 0 spiro atoms. The van der Waals surface area contributed by atoms with E-state index in [2.05, 4.69) is 5.32 Å². The minimum absolute atomic E-state index is 0.158. The van der Waals surface area contributed by atoms with Crippen molar-refractivity contribution in [1.82, 2.24) is 10.2 Å². The third kappa shape index (κ3) is 3.60. The molecule has 0 saturated carbocycles. The number of carbonyl (C=O) groups excluding carboxylic acids is 3. The molecule has 24 heavy (non-hydrogen) atoms. The number of nitrogens with one attached hydrogen (secondary N) is 1. The topological polar surface area (TPSA) is 114 Å². The molecule has 3 rings (SSSR count). The summed E-state index contributed by atoms with van der Waals surface area (Å²) in [6, 6.07) is 2.63. The normalized spacial score (nSPS) is 24.1. The summed E-state index contributed by atoms with van der Waals surface area (Å²) in [6.45, 7) is -0.468. The van der Waals surface area contributed by atoms with E-state index in [9.17, 15) is 22.8 Å². The lowest BCUT2D eigenvalue weighted by atomic mass is 10.3. The first-order chi connectivity index (χ1) is 11.3. The molecule has 3 amide bonds. The lowest BCUT2D eigenvalue weighted by Gasteiger charge is -2.14. The van der Waals surface area contributed by atoms with Crippen molar-refractivity contribution in [2.24, 2.45) is 0 Å². The monoisotopic (exact) mass is 368 g/mol. The summed E-state index contributed by atoms with van der Waals surface area (Å²) in [5, 5.41) is 2.93. The van der Waals surface area contributed by atoms with Crippen LogP contribution >= 0.6 is 11.8 Å². The SMILES string of the molecule is O=C(CN1C(=O)S/C(=C\c2ccco2)C1=O)N[C@H]1C=CS(=O)(=O)C1. The second kappa shape index (κ2) is 6.29. The van der Waals surface area contributed by atoms with E-state index in [1.165, 1.54) is 18.4 Å². The maximum Gasteiger partial charge on any atom is 0.294 e. The summed E-state index contributed by atoms with van der Waals surface area (Å²) in [5.41, 5.74) is 0. The highest BCUT2D eigenvalue weighted by Gasteiger charge is 2.37. The number of nitrogens with zero attached hydrogens (tertiary/aromatic N) is 1. The van der Waals surface area contributed by atoms with Crippen LogP contribution in [0.2, 0.25) is 0 Å². The van der Waals surface area contributed by atoms with Gasteiger partial charge in [-0.3, -0.25) is 19.3 Å². The molecular weight excluding hydrogens is 356 g/mol. The number of amides is 3. The third-order valence-electron chi connectivity index (χ3n) is 3.27. The van der Waals surface area contributed by atoms with Crippen molar-refractivity contribution in [3.05, 3.63) is 40.5 Å². The van der Waals surface area contributed by atoms with E-state index in [4.69, 9.17) is 4.42 Å². The van der Waals surface area contributed by atoms with Crippen LogP contribution in [0.4, 0.5) is 4.79 Å². The zero-order valence-electron chi connectivity index (χ0n) is 12.2. The van der Waals surface area contributed by atoms with Crippen molar-refractivity contribution >= 4 is 44.7 Å². The van der Waals surface area contributed by atoms with E-state index in [0.29, 0.717) is 17.5 Å². The molecule has 1 atom stereocenters. The van der Waals surface area contributed by atoms with E-state index in [1.54, 1.807) is 12.1 Å². The van der Waals surface area contributed by atoms with Gasteiger partial charge in [-0.25, -0.2) is 8.42 Å². The van der Waals surface area contributed by atoms with Gasteiger partial charge in [-0.05, 0) is 30.0 Å². The smallest absolute Gasteiger partial charge is 0.294 e. The Bertz CT molecular complexity index is 854. The number of hydrogen-bond acceptors (Lipinski definition) is 7. The molecular formula is C14H12N2O6S2. The average Bonchev–Trinajstić information content (AvgIpc) is 3.17.